The number of cyclic esters (lactones) is 1. The van der Waals surface area contributed by atoms with Crippen molar-refractivity contribution in [3.8, 4) is 0 Å². The number of aliphatic hydroxyl groups is 2. The Bertz CT molecular complexity index is 4290. The molecule has 1 aliphatic heterocycles. The number of H-pyrrole nitrogens is 1. The van der Waals surface area contributed by atoms with E-state index in [9.17, 15) is 126 Å². The van der Waals surface area contributed by atoms with Crippen molar-refractivity contribution >= 4 is 141 Å². The van der Waals surface area contributed by atoms with E-state index >= 15 is 0 Å². The molecule has 28 N–H and O–H groups in total. The van der Waals surface area contributed by atoms with E-state index in [4.69, 9.17) is 27.7 Å². The molecular weight excluding hydrogens is 1620 g/mol. The standard InChI is InChI=1S/C77H111N19O27/c1-5-6-7-8-9-10-11-22-58(102)88-49(29-41-34-83-46-20-15-13-17-42(41)46)72(117)92-50(31-57(81)101)73(118)90-48(25-27-97)70(115)96-65-40(4)123-77(122)53(30-55(99)43-18-12-14-19-44(43)78)94-76(121)64(38(2)28-61(105)106)95-74(119)54(37-98)89-60(104)35-84-68(113)51(32-62(107)108)91-66(111)39(3)86-71(116)52(33-63(109)110)93-69(114)47(87-59(103)36-85-75(65)120)21-16-26-82-67(112)45(79)23-24-56(80)100/h12-15,17-20,34,38-40,45,47-54,64-65,83,97-98H,5-11,16,21-33,35-37,78-79H2,1-4H3,(H2,80,100)(H2,81,101)(H,82,112)(H,84,113)(H,85,120)(H,86,116)(H,87,103)(H,88,102)(H,89,104)(H,90,118)(H,91,111)(H,92,117)(H,93,114)(H,94,121)(H,95,119)(H,96,115)(H,105,106)(H,107,108)(H,109,110)/t38-,39-,40-,45?,47+,48+,49+,50+,51+,52+,53+,54-,64+,65+/m1/s1. The van der Waals surface area contributed by atoms with Crippen molar-refractivity contribution in [3.63, 3.8) is 0 Å². The maximum atomic E-state index is 14.9. The highest BCUT2D eigenvalue weighted by Gasteiger charge is 2.41. The Hall–Kier alpha value is -13.3. The normalized spacial score (nSPS) is 20.8. The molecule has 16 amide bonds. The largest absolute Gasteiger partial charge is 0.481 e. The third-order valence-electron chi connectivity index (χ3n) is 19.2. The van der Waals surface area contributed by atoms with Gasteiger partial charge in [-0.3, -0.25) is 95.9 Å². The number of unbranched alkanes of at least 4 members (excludes halogenated alkanes) is 6. The van der Waals surface area contributed by atoms with Crippen LogP contribution in [0.15, 0.2) is 54.7 Å². The van der Waals surface area contributed by atoms with Gasteiger partial charge in [0.15, 0.2) is 5.78 Å². The van der Waals surface area contributed by atoms with Crippen LogP contribution in [0, 0.1) is 5.92 Å². The minimum atomic E-state index is -2.40. The van der Waals surface area contributed by atoms with Crippen molar-refractivity contribution in [1.82, 2.24) is 79.4 Å². The van der Waals surface area contributed by atoms with Gasteiger partial charge in [-0.25, -0.2) is 4.79 Å². The Balaban J connectivity index is 1.91. The first-order valence-electron chi connectivity index (χ1n) is 39.6. The van der Waals surface area contributed by atoms with E-state index in [1.807, 2.05) is 16.0 Å². The maximum Gasteiger partial charge on any atom is 0.329 e. The van der Waals surface area contributed by atoms with Crippen LogP contribution in [0.1, 0.15) is 159 Å². The van der Waals surface area contributed by atoms with Crippen molar-refractivity contribution in [2.24, 2.45) is 23.1 Å². The summed E-state index contributed by atoms with van der Waals surface area (Å²) in [6, 6.07) is -11.6. The number of fused-ring (bicyclic) bond motifs is 1. The van der Waals surface area contributed by atoms with Crippen LogP contribution in [-0.4, -0.2) is 266 Å². The van der Waals surface area contributed by atoms with Gasteiger partial charge in [-0.2, -0.15) is 0 Å². The summed E-state index contributed by atoms with van der Waals surface area (Å²) in [6.45, 7) is -0.0883. The Morgan fingerprint density at radius 2 is 1.11 bits per heavy atom. The number of carbonyl (C=O) groups excluding carboxylic acids is 18. The number of carbonyl (C=O) groups is 21. The zero-order valence-corrected chi connectivity index (χ0v) is 68.3. The molecule has 1 aliphatic rings. The van der Waals surface area contributed by atoms with Gasteiger partial charge in [0.1, 0.15) is 72.6 Å². The summed E-state index contributed by atoms with van der Waals surface area (Å²) in [7, 11) is 0. The zero-order chi connectivity index (χ0) is 91.7. The van der Waals surface area contributed by atoms with Gasteiger partial charge in [-0.15, -0.1) is 0 Å². The number of ketones is 1. The average molecular weight is 1730 g/mol. The van der Waals surface area contributed by atoms with E-state index in [-0.39, 0.29) is 49.9 Å². The quantitative estimate of drug-likeness (QED) is 0.0109. The number of carboxylic acids is 3. The summed E-state index contributed by atoms with van der Waals surface area (Å²) in [6.07, 6.45) is -2.50. The molecule has 46 nitrogen and oxygen atoms in total. The summed E-state index contributed by atoms with van der Waals surface area (Å²) in [4.78, 5) is 290. The first-order valence-corrected chi connectivity index (χ1v) is 39.6. The number of rotatable bonds is 40. The second kappa shape index (κ2) is 52.0. The fourth-order valence-electron chi connectivity index (χ4n) is 12.5. The van der Waals surface area contributed by atoms with Crippen LogP contribution in [-0.2, 0) is 107 Å². The van der Waals surface area contributed by atoms with Crippen LogP contribution in [0.2, 0.25) is 0 Å². The van der Waals surface area contributed by atoms with Crippen LogP contribution in [0.5, 0.6) is 0 Å². The smallest absolute Gasteiger partial charge is 0.329 e. The molecule has 0 radical (unpaired) electrons. The van der Waals surface area contributed by atoms with E-state index < -0.39 is 280 Å². The monoisotopic (exact) mass is 1730 g/mol. The number of amides is 16. The molecule has 0 spiro atoms. The summed E-state index contributed by atoms with van der Waals surface area (Å²) in [5.41, 5.74) is 23.6. The van der Waals surface area contributed by atoms with E-state index in [0.717, 1.165) is 52.9 Å². The molecule has 0 bridgehead atoms. The molecule has 4 rings (SSSR count). The molecule has 0 saturated carbocycles. The lowest BCUT2D eigenvalue weighted by molar-refractivity contribution is -0.156. The molecule has 1 saturated heterocycles. The number of aromatic amines is 1. The molecule has 1 unspecified atom stereocenters. The number of carboxylic acid groups (broad SMARTS) is 3. The fraction of sp³-hybridized carbons (Fsp3) is 0.545. The Morgan fingerprint density at radius 1 is 0.545 bits per heavy atom. The maximum absolute atomic E-state index is 14.9. The summed E-state index contributed by atoms with van der Waals surface area (Å²) >= 11 is 0. The number of hydrogen-bond acceptors (Lipinski definition) is 26. The highest BCUT2D eigenvalue weighted by atomic mass is 16.5. The molecule has 14 atom stereocenters. The van der Waals surface area contributed by atoms with Crippen molar-refractivity contribution < 1.29 is 131 Å². The predicted molar refractivity (Wildman–Crippen MR) is 430 cm³/mol. The van der Waals surface area contributed by atoms with Crippen LogP contribution < -0.4 is 97.4 Å². The number of aliphatic carboxylic acids is 3. The Kier molecular flexibility index (Phi) is 43.2. The molecule has 1 aromatic heterocycles. The number of aliphatic hydroxyl groups excluding tert-OH is 2. The molecular formula is C77H111N19O27. The zero-order valence-electron chi connectivity index (χ0n) is 68.3. The van der Waals surface area contributed by atoms with Crippen molar-refractivity contribution in [2.45, 2.75) is 228 Å². The van der Waals surface area contributed by atoms with Gasteiger partial charge in [-0.1, -0.05) is 82.7 Å². The number of ether oxygens (including phenoxy) is 1. The number of para-hydroxylation sites is 2. The number of primary amides is 2. The lowest BCUT2D eigenvalue weighted by atomic mass is 9.96. The Labute approximate surface area is 704 Å². The fourth-order valence-corrected chi connectivity index (χ4v) is 12.5. The third-order valence-corrected chi connectivity index (χ3v) is 19.2. The second-order valence-electron chi connectivity index (χ2n) is 29.3. The minimum Gasteiger partial charge on any atom is -0.481 e. The summed E-state index contributed by atoms with van der Waals surface area (Å²) < 4.78 is 5.75. The predicted octanol–water partition coefficient (Wildman–Crippen LogP) is -6.96. The van der Waals surface area contributed by atoms with Gasteiger partial charge in [0.2, 0.25) is 94.5 Å². The van der Waals surface area contributed by atoms with E-state index in [1.165, 1.54) is 24.3 Å². The molecule has 1 fully saturated rings. The van der Waals surface area contributed by atoms with Gasteiger partial charge in [0.25, 0.3) is 0 Å². The summed E-state index contributed by atoms with van der Waals surface area (Å²) in [5.74, 6) is -29.4. The van der Waals surface area contributed by atoms with Gasteiger partial charge in [0.05, 0.1) is 51.4 Å². The lowest BCUT2D eigenvalue weighted by Gasteiger charge is -2.30. The number of nitrogens with two attached hydrogens (primary N) is 4. The van der Waals surface area contributed by atoms with Crippen molar-refractivity contribution in [3.05, 3.63) is 65.9 Å². The van der Waals surface area contributed by atoms with E-state index in [1.54, 1.807) is 30.5 Å². The van der Waals surface area contributed by atoms with Crippen molar-refractivity contribution in [2.75, 3.05) is 38.6 Å². The van der Waals surface area contributed by atoms with E-state index in [0.29, 0.717) is 29.3 Å². The third kappa shape index (κ3) is 35.9. The second-order valence-corrected chi connectivity index (χ2v) is 29.3. The number of esters is 1. The van der Waals surface area contributed by atoms with Gasteiger partial charge in [-0.05, 0) is 75.6 Å². The van der Waals surface area contributed by atoms with Gasteiger partial charge < -0.3 is 133 Å². The van der Waals surface area contributed by atoms with E-state index in [2.05, 4.69) is 70.4 Å². The number of nitrogen functional groups attached to an aromatic ring is 1. The number of aromatic nitrogens is 1. The topological polar surface area (TPSA) is 757 Å². The molecule has 46 heteroatoms. The van der Waals surface area contributed by atoms with Crippen LogP contribution in [0.4, 0.5) is 5.69 Å². The molecule has 2 heterocycles. The SMILES string of the molecule is CCCCCCCCCC(=O)N[C@@H](Cc1c[nH]c2ccccc12)C(=O)N[C@@H](CC(N)=O)C(=O)N[C@@H](CCO)C(=O)N[C@@H]1C(=O)NCC(=O)N[C@@H](CCCNC(=O)C(N)CCC(N)=O)C(=O)N[C@@H](CC(=O)O)C(=O)N[C@H](C)C(=O)N[C@@H](CC(=O)O)C(=O)NCC(=O)N[C@H](CO)C(=O)N[C@@H]([C@H](C)CC(=O)O)C(=O)N[C@@H](CC(=O)c2ccccc2N)C(=O)O[C@@H]1C. The first-order chi connectivity index (χ1) is 58.2. The van der Waals surface area contributed by atoms with Crippen LogP contribution in [0.3, 0.4) is 0 Å². The summed E-state index contributed by atoms with van der Waals surface area (Å²) in [5, 5.41) is 82.1. The van der Waals surface area contributed by atoms with Gasteiger partial charge in [0, 0.05) is 67.2 Å². The number of anilines is 1. The lowest BCUT2D eigenvalue weighted by Crippen LogP contribution is -2.61. The molecule has 0 aliphatic carbocycles. The molecule has 123 heavy (non-hydrogen) atoms. The number of hydrogen-bond donors (Lipinski definition) is 24. The van der Waals surface area contributed by atoms with Gasteiger partial charge >= 0.3 is 23.9 Å². The Morgan fingerprint density at radius 3 is 1.73 bits per heavy atom. The highest BCUT2D eigenvalue weighted by molar-refractivity contribution is 6.05. The van der Waals surface area contributed by atoms with Crippen molar-refractivity contribution in [1.29, 1.82) is 0 Å². The number of benzene rings is 2. The highest BCUT2D eigenvalue weighted by Crippen LogP contribution is 2.22. The molecule has 676 valence electrons. The van der Waals surface area contributed by atoms with Crippen LogP contribution >= 0.6 is 0 Å². The molecule has 2 aromatic carbocycles. The van der Waals surface area contributed by atoms with Crippen LogP contribution in [0.25, 0.3) is 10.9 Å². The first kappa shape index (κ1) is 102. The molecule has 3 aromatic rings. The number of nitrogens with one attached hydrogen (secondary N) is 15. The average Bonchev–Trinajstić information content (AvgIpc) is 1.70. The number of Topliss-reactive ketones (excluding diaryl/α,β-unsaturated/α-hetero) is 1. The minimum absolute atomic E-state index is 0.00431.